The van der Waals surface area contributed by atoms with E-state index in [2.05, 4.69) is 0 Å². The number of alkyl halides is 3. The molecule has 0 fully saturated rings. The van der Waals surface area contributed by atoms with E-state index in [0.717, 1.165) is 0 Å². The molecule has 88 valence electrons. The Hall–Kier alpha value is -0.150. The maximum atomic E-state index is 10.9. The number of esters is 1. The molecule has 0 N–H and O–H groups in total. The van der Waals surface area contributed by atoms with E-state index < -0.39 is 15.9 Å². The smallest absolute Gasteiger partial charge is 0.303 e. The van der Waals surface area contributed by atoms with Crippen LogP contribution in [0.15, 0.2) is 24.3 Å². The Labute approximate surface area is 113 Å². The first-order chi connectivity index (χ1) is 7.30. The summed E-state index contributed by atoms with van der Waals surface area (Å²) >= 11 is 23.0. The van der Waals surface area contributed by atoms with E-state index in [-0.39, 0.29) is 0 Å². The molecule has 1 aromatic carbocycles. The van der Waals surface area contributed by atoms with Gasteiger partial charge >= 0.3 is 5.97 Å². The van der Waals surface area contributed by atoms with Gasteiger partial charge < -0.3 is 4.74 Å². The third-order valence-electron chi connectivity index (χ3n) is 1.73. The van der Waals surface area contributed by atoms with Crippen molar-refractivity contribution in [3.63, 3.8) is 0 Å². The van der Waals surface area contributed by atoms with Crippen molar-refractivity contribution >= 4 is 52.4 Å². The first-order valence-corrected chi connectivity index (χ1v) is 5.81. The molecule has 0 amide bonds. The standard InChI is InChI=1S/C10H8Cl4O2/c1-6(15)16-9(10(12,13)14)7-3-2-4-8(11)5-7/h2-5,9H,1H3. The molecule has 0 spiro atoms. The highest BCUT2D eigenvalue weighted by Gasteiger charge is 2.36. The Morgan fingerprint density at radius 2 is 2.00 bits per heavy atom. The molecule has 2 nitrogen and oxygen atoms in total. The topological polar surface area (TPSA) is 26.3 Å². The predicted octanol–water partition coefficient (Wildman–Crippen LogP) is 4.31. The zero-order chi connectivity index (χ0) is 12.3. The van der Waals surface area contributed by atoms with Gasteiger partial charge in [-0.1, -0.05) is 58.5 Å². The summed E-state index contributed by atoms with van der Waals surface area (Å²) in [7, 11) is 0. The lowest BCUT2D eigenvalue weighted by Crippen LogP contribution is -2.22. The number of benzene rings is 1. The van der Waals surface area contributed by atoms with Crippen molar-refractivity contribution in [2.45, 2.75) is 16.8 Å². The first kappa shape index (κ1) is 13.9. The van der Waals surface area contributed by atoms with Crippen LogP contribution in [0.5, 0.6) is 0 Å². The molecule has 1 aromatic rings. The van der Waals surface area contributed by atoms with Crippen molar-refractivity contribution in [1.29, 1.82) is 0 Å². The number of carbonyl (C=O) groups is 1. The van der Waals surface area contributed by atoms with Crippen LogP contribution < -0.4 is 0 Å². The normalized spacial score (nSPS) is 13.3. The zero-order valence-corrected chi connectivity index (χ0v) is 11.2. The molecule has 0 bridgehead atoms. The van der Waals surface area contributed by atoms with Gasteiger partial charge in [0.15, 0.2) is 6.10 Å². The third-order valence-corrected chi connectivity index (χ3v) is 2.56. The monoisotopic (exact) mass is 300 g/mol. The lowest BCUT2D eigenvalue weighted by Gasteiger charge is -2.24. The molecule has 0 aliphatic rings. The molecule has 1 unspecified atom stereocenters. The summed E-state index contributed by atoms with van der Waals surface area (Å²) in [5, 5.41) is 0.476. The second-order valence-electron chi connectivity index (χ2n) is 3.09. The summed E-state index contributed by atoms with van der Waals surface area (Å²) in [6.07, 6.45) is -0.978. The number of carbonyl (C=O) groups excluding carboxylic acids is 1. The molecule has 0 aliphatic heterocycles. The van der Waals surface area contributed by atoms with Gasteiger partial charge in [-0.2, -0.15) is 0 Å². The maximum Gasteiger partial charge on any atom is 0.303 e. The van der Waals surface area contributed by atoms with Gasteiger partial charge in [-0.25, -0.2) is 0 Å². The Bertz CT molecular complexity index is 387. The highest BCUT2D eigenvalue weighted by Crippen LogP contribution is 2.42. The van der Waals surface area contributed by atoms with Crippen LogP contribution in [-0.2, 0) is 9.53 Å². The molecular formula is C10H8Cl4O2. The minimum atomic E-state index is -1.74. The average Bonchev–Trinajstić information content (AvgIpc) is 2.12. The van der Waals surface area contributed by atoms with E-state index in [9.17, 15) is 4.79 Å². The van der Waals surface area contributed by atoms with Crippen molar-refractivity contribution in [1.82, 2.24) is 0 Å². The van der Waals surface area contributed by atoms with Gasteiger partial charge in [0.05, 0.1) is 0 Å². The van der Waals surface area contributed by atoms with E-state index in [1.807, 2.05) is 0 Å². The van der Waals surface area contributed by atoms with Crippen LogP contribution >= 0.6 is 46.4 Å². The summed E-state index contributed by atoms with van der Waals surface area (Å²) < 4.78 is 3.22. The van der Waals surface area contributed by atoms with E-state index in [4.69, 9.17) is 51.1 Å². The van der Waals surface area contributed by atoms with Gasteiger partial charge in [-0.05, 0) is 17.7 Å². The number of rotatable bonds is 2. The van der Waals surface area contributed by atoms with Gasteiger partial charge in [0.1, 0.15) is 0 Å². The van der Waals surface area contributed by atoms with Crippen molar-refractivity contribution < 1.29 is 9.53 Å². The lowest BCUT2D eigenvalue weighted by atomic mass is 10.1. The summed E-state index contributed by atoms with van der Waals surface area (Å²) in [5.41, 5.74) is 0.530. The second-order valence-corrected chi connectivity index (χ2v) is 5.89. The van der Waals surface area contributed by atoms with Crippen LogP contribution in [0.3, 0.4) is 0 Å². The van der Waals surface area contributed by atoms with Gasteiger partial charge in [0.25, 0.3) is 0 Å². The van der Waals surface area contributed by atoms with Crippen LogP contribution in [0.1, 0.15) is 18.6 Å². The Kier molecular flexibility index (Phi) is 4.74. The second kappa shape index (κ2) is 5.46. The first-order valence-electron chi connectivity index (χ1n) is 4.30. The molecule has 6 heteroatoms. The molecule has 0 heterocycles. The molecule has 1 atom stereocenters. The fraction of sp³-hybridized carbons (Fsp3) is 0.300. The maximum absolute atomic E-state index is 10.9. The predicted molar refractivity (Wildman–Crippen MR) is 66.2 cm³/mol. The van der Waals surface area contributed by atoms with Crippen LogP contribution in [0.25, 0.3) is 0 Å². The van der Waals surface area contributed by atoms with Gasteiger partial charge in [0, 0.05) is 11.9 Å². The highest BCUT2D eigenvalue weighted by atomic mass is 35.6. The molecule has 0 radical (unpaired) electrons. The summed E-state index contributed by atoms with van der Waals surface area (Å²) in [5.74, 6) is -0.531. The van der Waals surface area contributed by atoms with Gasteiger partial charge in [-0.3, -0.25) is 4.79 Å². The van der Waals surface area contributed by atoms with Crippen LogP contribution in [0.4, 0.5) is 0 Å². The van der Waals surface area contributed by atoms with Crippen LogP contribution in [-0.4, -0.2) is 9.76 Å². The largest absolute Gasteiger partial charge is 0.453 e. The van der Waals surface area contributed by atoms with E-state index in [1.165, 1.54) is 6.92 Å². The minimum Gasteiger partial charge on any atom is -0.453 e. The SMILES string of the molecule is CC(=O)OC(c1cccc(Cl)c1)C(Cl)(Cl)Cl. The highest BCUT2D eigenvalue weighted by molar-refractivity contribution is 6.68. The average molecular weight is 302 g/mol. The van der Waals surface area contributed by atoms with E-state index >= 15 is 0 Å². The van der Waals surface area contributed by atoms with Gasteiger partial charge in [-0.15, -0.1) is 0 Å². The summed E-state index contributed by atoms with van der Waals surface area (Å²) in [4.78, 5) is 10.9. The van der Waals surface area contributed by atoms with Crippen molar-refractivity contribution in [2.75, 3.05) is 0 Å². The quantitative estimate of drug-likeness (QED) is 0.601. The lowest BCUT2D eigenvalue weighted by molar-refractivity contribution is -0.146. The molecule has 0 saturated carbocycles. The molecular weight excluding hydrogens is 294 g/mol. The summed E-state index contributed by atoms with van der Waals surface area (Å²) in [6.45, 7) is 1.24. The molecule has 0 saturated heterocycles. The Morgan fingerprint density at radius 3 is 2.44 bits per heavy atom. The van der Waals surface area contributed by atoms with Crippen molar-refractivity contribution in [3.05, 3.63) is 34.9 Å². The van der Waals surface area contributed by atoms with Crippen LogP contribution in [0, 0.1) is 0 Å². The fourth-order valence-corrected chi connectivity index (χ4v) is 1.87. The minimum absolute atomic E-state index is 0.476. The number of hydrogen-bond donors (Lipinski definition) is 0. The van der Waals surface area contributed by atoms with Crippen LogP contribution in [0.2, 0.25) is 5.02 Å². The molecule has 16 heavy (non-hydrogen) atoms. The fourth-order valence-electron chi connectivity index (χ4n) is 1.16. The van der Waals surface area contributed by atoms with Crippen molar-refractivity contribution in [2.24, 2.45) is 0 Å². The third kappa shape index (κ3) is 4.02. The van der Waals surface area contributed by atoms with Crippen molar-refractivity contribution in [3.8, 4) is 0 Å². The number of halogens is 4. The summed E-state index contributed by atoms with van der Waals surface area (Å²) in [6, 6.07) is 6.61. The van der Waals surface area contributed by atoms with Gasteiger partial charge in [0.2, 0.25) is 3.79 Å². The number of hydrogen-bond acceptors (Lipinski definition) is 2. The zero-order valence-electron chi connectivity index (χ0n) is 8.22. The Balaban J connectivity index is 3.06. The molecule has 0 aromatic heterocycles. The molecule has 0 aliphatic carbocycles. The van der Waals surface area contributed by atoms with E-state index in [0.29, 0.717) is 10.6 Å². The van der Waals surface area contributed by atoms with E-state index in [1.54, 1.807) is 24.3 Å². The molecule has 1 rings (SSSR count). The Morgan fingerprint density at radius 1 is 1.38 bits per heavy atom. The number of ether oxygens (including phenoxy) is 1.